The molecule has 1 aliphatic rings. The van der Waals surface area contributed by atoms with E-state index in [1.165, 1.54) is 0 Å². The lowest BCUT2D eigenvalue weighted by atomic mass is 10.0. The highest BCUT2D eigenvalue weighted by atomic mass is 16.2. The molecule has 1 aromatic carbocycles. The maximum Gasteiger partial charge on any atom is 0.237 e. The number of carbonyl (C=O) groups is 1. The summed E-state index contributed by atoms with van der Waals surface area (Å²) in [4.78, 5) is 29.4. The largest absolute Gasteiger partial charge is 0.340 e. The van der Waals surface area contributed by atoms with Crippen molar-refractivity contribution >= 4 is 16.9 Å². The number of piperidine rings is 1. The van der Waals surface area contributed by atoms with E-state index in [0.717, 1.165) is 48.2 Å². The van der Waals surface area contributed by atoms with Crippen LogP contribution in [0.15, 0.2) is 48.8 Å². The Kier molecular flexibility index (Phi) is 5.16. The first kappa shape index (κ1) is 17.7. The van der Waals surface area contributed by atoms with Crippen LogP contribution >= 0.6 is 0 Å². The van der Waals surface area contributed by atoms with Crippen LogP contribution in [0.4, 0.5) is 0 Å². The Morgan fingerprint density at radius 2 is 2.15 bits per heavy atom. The van der Waals surface area contributed by atoms with Crippen LogP contribution in [0.25, 0.3) is 11.0 Å². The van der Waals surface area contributed by atoms with Gasteiger partial charge in [-0.1, -0.05) is 18.2 Å². The number of rotatable bonds is 5. The highest BCUT2D eigenvalue weighted by Gasteiger charge is 2.30. The van der Waals surface area contributed by atoms with Gasteiger partial charge < -0.3 is 9.88 Å². The Balaban J connectivity index is 1.47. The molecule has 0 bridgehead atoms. The first-order chi connectivity index (χ1) is 13.2. The van der Waals surface area contributed by atoms with E-state index in [-0.39, 0.29) is 11.9 Å². The van der Waals surface area contributed by atoms with Crippen LogP contribution in [0.1, 0.15) is 36.7 Å². The molecule has 1 atom stereocenters. The molecule has 3 aromatic rings. The Labute approximate surface area is 159 Å². The van der Waals surface area contributed by atoms with Crippen molar-refractivity contribution in [1.29, 1.82) is 0 Å². The quantitative estimate of drug-likeness (QED) is 0.756. The summed E-state index contributed by atoms with van der Waals surface area (Å²) in [5.41, 5.74) is 3.10. The van der Waals surface area contributed by atoms with Gasteiger partial charge in [-0.3, -0.25) is 14.7 Å². The van der Waals surface area contributed by atoms with Gasteiger partial charge in [0.15, 0.2) is 0 Å². The van der Waals surface area contributed by atoms with Crippen LogP contribution in [-0.2, 0) is 11.3 Å². The van der Waals surface area contributed by atoms with Crippen molar-refractivity contribution in [1.82, 2.24) is 24.8 Å². The number of amides is 1. The molecule has 2 aromatic heterocycles. The summed E-state index contributed by atoms with van der Waals surface area (Å²) >= 11 is 0. The van der Waals surface area contributed by atoms with E-state index in [2.05, 4.69) is 9.97 Å². The van der Waals surface area contributed by atoms with Crippen LogP contribution < -0.4 is 0 Å². The molecule has 6 nitrogen and oxygen atoms in total. The maximum atomic E-state index is 13.0. The topological polar surface area (TPSA) is 65.1 Å². The number of nitrogens with one attached hydrogen (secondary N) is 1. The zero-order chi connectivity index (χ0) is 18.6. The van der Waals surface area contributed by atoms with Crippen molar-refractivity contribution in [2.24, 2.45) is 0 Å². The van der Waals surface area contributed by atoms with Crippen LogP contribution in [0, 0.1) is 0 Å². The summed E-state index contributed by atoms with van der Waals surface area (Å²) in [6.45, 7) is 1.90. The molecule has 1 saturated heterocycles. The van der Waals surface area contributed by atoms with Gasteiger partial charge in [0.05, 0.1) is 23.6 Å². The Morgan fingerprint density at radius 3 is 2.96 bits per heavy atom. The standard InChI is InChI=1S/C21H25N5O/c1-25(14-16-7-6-11-22-13-16)15-20(27)26-12-5-4-10-19(26)21-23-17-8-2-3-9-18(17)24-21/h2-3,6-9,11,13,19H,4-5,10,12,14-15H2,1H3,(H,23,24). The summed E-state index contributed by atoms with van der Waals surface area (Å²) in [5, 5.41) is 0. The highest BCUT2D eigenvalue weighted by molar-refractivity contribution is 5.79. The van der Waals surface area contributed by atoms with Gasteiger partial charge in [0, 0.05) is 25.5 Å². The smallest absolute Gasteiger partial charge is 0.237 e. The zero-order valence-corrected chi connectivity index (χ0v) is 15.6. The number of hydrogen-bond acceptors (Lipinski definition) is 4. The van der Waals surface area contributed by atoms with Gasteiger partial charge in [-0.05, 0) is 50.1 Å². The fourth-order valence-corrected chi connectivity index (χ4v) is 3.83. The second kappa shape index (κ2) is 7.88. The maximum absolute atomic E-state index is 13.0. The number of pyridine rings is 1. The average molecular weight is 363 g/mol. The number of aromatic nitrogens is 3. The number of carbonyl (C=O) groups excluding carboxylic acids is 1. The summed E-state index contributed by atoms with van der Waals surface area (Å²) in [6, 6.07) is 12.0. The van der Waals surface area contributed by atoms with Gasteiger partial charge in [0.2, 0.25) is 5.91 Å². The van der Waals surface area contributed by atoms with E-state index in [1.807, 2.05) is 59.4 Å². The molecule has 27 heavy (non-hydrogen) atoms. The highest BCUT2D eigenvalue weighted by Crippen LogP contribution is 2.30. The molecular formula is C21H25N5O. The Bertz CT molecular complexity index is 874. The second-order valence-corrected chi connectivity index (χ2v) is 7.27. The molecule has 0 aliphatic carbocycles. The molecule has 0 saturated carbocycles. The molecule has 1 fully saturated rings. The second-order valence-electron chi connectivity index (χ2n) is 7.27. The lowest BCUT2D eigenvalue weighted by Gasteiger charge is -2.35. The first-order valence-corrected chi connectivity index (χ1v) is 9.52. The number of para-hydroxylation sites is 2. The fraction of sp³-hybridized carbons (Fsp3) is 0.381. The summed E-state index contributed by atoms with van der Waals surface area (Å²) in [7, 11) is 1.98. The van der Waals surface area contributed by atoms with Crippen LogP contribution in [0.2, 0.25) is 0 Å². The minimum Gasteiger partial charge on any atom is -0.340 e. The van der Waals surface area contributed by atoms with Gasteiger partial charge in [-0.15, -0.1) is 0 Å². The normalized spacial score (nSPS) is 17.6. The summed E-state index contributed by atoms with van der Waals surface area (Å²) < 4.78 is 0. The van der Waals surface area contributed by atoms with Gasteiger partial charge in [0.25, 0.3) is 0 Å². The van der Waals surface area contributed by atoms with Gasteiger partial charge in [-0.2, -0.15) is 0 Å². The lowest BCUT2D eigenvalue weighted by Crippen LogP contribution is -2.43. The van der Waals surface area contributed by atoms with E-state index >= 15 is 0 Å². The zero-order valence-electron chi connectivity index (χ0n) is 15.6. The van der Waals surface area contributed by atoms with E-state index in [1.54, 1.807) is 6.20 Å². The van der Waals surface area contributed by atoms with Crippen molar-refractivity contribution < 1.29 is 4.79 Å². The van der Waals surface area contributed by atoms with E-state index in [9.17, 15) is 4.79 Å². The molecule has 4 rings (SSSR count). The van der Waals surface area contributed by atoms with E-state index in [4.69, 9.17) is 4.98 Å². The number of nitrogens with zero attached hydrogens (tertiary/aromatic N) is 4. The van der Waals surface area contributed by atoms with Crippen molar-refractivity contribution in [2.75, 3.05) is 20.1 Å². The minimum atomic E-state index is 0.0328. The van der Waals surface area contributed by atoms with Gasteiger partial charge in [-0.25, -0.2) is 4.98 Å². The summed E-state index contributed by atoms with van der Waals surface area (Å²) in [6.07, 6.45) is 6.74. The molecule has 140 valence electrons. The average Bonchev–Trinajstić information content (AvgIpc) is 3.13. The van der Waals surface area contributed by atoms with Crippen LogP contribution in [0.5, 0.6) is 0 Å². The monoisotopic (exact) mass is 363 g/mol. The number of fused-ring (bicyclic) bond motifs is 1. The number of aromatic amines is 1. The van der Waals surface area contributed by atoms with Crippen LogP contribution in [0.3, 0.4) is 0 Å². The van der Waals surface area contributed by atoms with E-state index < -0.39 is 0 Å². The number of imidazole rings is 1. The van der Waals surface area contributed by atoms with Crippen molar-refractivity contribution in [3.05, 3.63) is 60.2 Å². The lowest BCUT2D eigenvalue weighted by molar-refractivity contribution is -0.136. The van der Waals surface area contributed by atoms with Crippen molar-refractivity contribution in [2.45, 2.75) is 31.8 Å². The molecular weight excluding hydrogens is 338 g/mol. The molecule has 0 radical (unpaired) electrons. The predicted octanol–water partition coefficient (Wildman–Crippen LogP) is 3.14. The fourth-order valence-electron chi connectivity index (χ4n) is 3.83. The number of hydrogen-bond donors (Lipinski definition) is 1. The molecule has 0 spiro atoms. The van der Waals surface area contributed by atoms with Gasteiger partial charge in [0.1, 0.15) is 5.82 Å². The SMILES string of the molecule is CN(CC(=O)N1CCCCC1c1nc2ccccc2[nH]1)Cc1cccnc1. The molecule has 1 unspecified atom stereocenters. The number of likely N-dealkylation sites (N-methyl/N-ethyl adjacent to an activating group) is 1. The predicted molar refractivity (Wildman–Crippen MR) is 105 cm³/mol. The number of benzene rings is 1. The third-order valence-electron chi connectivity index (χ3n) is 5.13. The van der Waals surface area contributed by atoms with Gasteiger partial charge >= 0.3 is 0 Å². The third-order valence-corrected chi connectivity index (χ3v) is 5.13. The van der Waals surface area contributed by atoms with E-state index in [0.29, 0.717) is 13.1 Å². The number of likely N-dealkylation sites (tertiary alicyclic amines) is 1. The first-order valence-electron chi connectivity index (χ1n) is 9.52. The molecule has 3 heterocycles. The van der Waals surface area contributed by atoms with Crippen LogP contribution in [-0.4, -0.2) is 50.8 Å². The third kappa shape index (κ3) is 4.01. The number of H-pyrrole nitrogens is 1. The Hall–Kier alpha value is -2.73. The molecule has 1 amide bonds. The summed E-state index contributed by atoms with van der Waals surface area (Å²) in [5.74, 6) is 1.06. The van der Waals surface area contributed by atoms with Crippen molar-refractivity contribution in [3.63, 3.8) is 0 Å². The van der Waals surface area contributed by atoms with Crippen molar-refractivity contribution in [3.8, 4) is 0 Å². The molecule has 1 N–H and O–H groups in total. The minimum absolute atomic E-state index is 0.0328. The molecule has 6 heteroatoms. The molecule has 1 aliphatic heterocycles. The Morgan fingerprint density at radius 1 is 1.26 bits per heavy atom.